The fourth-order valence-electron chi connectivity index (χ4n) is 1.59. The molecule has 7 heteroatoms. The number of hydrogen-bond acceptors (Lipinski definition) is 4. The third-order valence-corrected chi connectivity index (χ3v) is 4.73. The maximum absolute atomic E-state index is 11.9. The van der Waals surface area contributed by atoms with Gasteiger partial charge >= 0.3 is 0 Å². The number of thiocarbonyl (C=S) groups is 1. The summed E-state index contributed by atoms with van der Waals surface area (Å²) in [5.74, 6) is 0.839. The Morgan fingerprint density at radius 1 is 1.42 bits per heavy atom. The first-order chi connectivity index (χ1) is 8.96. The lowest BCUT2D eigenvalue weighted by Crippen LogP contribution is -2.27. The summed E-state index contributed by atoms with van der Waals surface area (Å²) in [4.78, 5) is 0.216. The number of nitrogens with one attached hydrogen (secondary N) is 1. The molecule has 1 aromatic carbocycles. The molecule has 0 amide bonds. The lowest BCUT2D eigenvalue weighted by atomic mass is 10.1. The molecular weight excluding hydrogens is 300 g/mol. The highest BCUT2D eigenvalue weighted by Gasteiger charge is 2.14. The Labute approximate surface area is 124 Å². The molecule has 0 radical (unpaired) electrons. The van der Waals surface area contributed by atoms with E-state index in [1.807, 2.05) is 6.26 Å². The monoisotopic (exact) mass is 318 g/mol. The van der Waals surface area contributed by atoms with Gasteiger partial charge in [-0.15, -0.1) is 0 Å². The van der Waals surface area contributed by atoms with Crippen LogP contribution in [-0.4, -0.2) is 32.0 Å². The molecule has 0 atom stereocenters. The first-order valence-electron chi connectivity index (χ1n) is 5.80. The Morgan fingerprint density at radius 3 is 2.74 bits per heavy atom. The van der Waals surface area contributed by atoms with E-state index in [9.17, 15) is 8.42 Å². The van der Waals surface area contributed by atoms with Crippen molar-refractivity contribution in [1.82, 2.24) is 4.72 Å². The predicted molar refractivity (Wildman–Crippen MR) is 86.0 cm³/mol. The van der Waals surface area contributed by atoms with Gasteiger partial charge in [-0.2, -0.15) is 11.8 Å². The summed E-state index contributed by atoms with van der Waals surface area (Å²) < 4.78 is 26.5. The van der Waals surface area contributed by atoms with Crippen molar-refractivity contribution < 1.29 is 8.42 Å². The average Bonchev–Trinajstić information content (AvgIpc) is 2.34. The van der Waals surface area contributed by atoms with Crippen molar-refractivity contribution in [3.63, 3.8) is 0 Å². The smallest absolute Gasteiger partial charge is 0.215 e. The molecule has 0 unspecified atom stereocenters. The van der Waals surface area contributed by atoms with E-state index in [4.69, 9.17) is 18.0 Å². The molecule has 0 aromatic heterocycles. The van der Waals surface area contributed by atoms with Gasteiger partial charge in [-0.3, -0.25) is 0 Å². The first kappa shape index (κ1) is 16.4. The molecular formula is C12H18N2O2S3. The highest BCUT2D eigenvalue weighted by Crippen LogP contribution is 2.12. The molecule has 106 valence electrons. The van der Waals surface area contributed by atoms with Crippen LogP contribution < -0.4 is 10.5 Å². The summed E-state index contributed by atoms with van der Waals surface area (Å²) in [5.41, 5.74) is 6.84. The zero-order valence-electron chi connectivity index (χ0n) is 10.8. The van der Waals surface area contributed by atoms with Crippen molar-refractivity contribution in [1.29, 1.82) is 0 Å². The lowest BCUT2D eigenvalue weighted by molar-refractivity contribution is 0.580. The minimum atomic E-state index is -3.35. The van der Waals surface area contributed by atoms with Crippen LogP contribution >= 0.6 is 24.0 Å². The van der Waals surface area contributed by atoms with Crippen LogP contribution in [-0.2, 0) is 15.8 Å². The van der Waals surface area contributed by atoms with Gasteiger partial charge in [0.25, 0.3) is 0 Å². The second-order valence-electron chi connectivity index (χ2n) is 4.02. The summed E-state index contributed by atoms with van der Waals surface area (Å²) in [6, 6.07) is 7.04. The number of hydrogen-bond donors (Lipinski definition) is 2. The van der Waals surface area contributed by atoms with Gasteiger partial charge < -0.3 is 5.73 Å². The van der Waals surface area contributed by atoms with Crippen molar-refractivity contribution in [2.75, 3.05) is 18.6 Å². The molecule has 0 bridgehead atoms. The van der Waals surface area contributed by atoms with E-state index in [0.717, 1.165) is 12.2 Å². The zero-order chi connectivity index (χ0) is 14.3. The van der Waals surface area contributed by atoms with Crippen LogP contribution in [0.4, 0.5) is 0 Å². The zero-order valence-corrected chi connectivity index (χ0v) is 13.2. The molecule has 0 aliphatic rings. The lowest BCUT2D eigenvalue weighted by Gasteiger charge is -2.10. The molecule has 0 spiro atoms. The Bertz CT molecular complexity index is 530. The minimum absolute atomic E-state index is 0.0974. The van der Waals surface area contributed by atoms with Crippen molar-refractivity contribution in [2.45, 2.75) is 12.2 Å². The summed E-state index contributed by atoms with van der Waals surface area (Å²) >= 11 is 6.61. The molecule has 0 fully saturated rings. The maximum Gasteiger partial charge on any atom is 0.215 e. The molecule has 4 nitrogen and oxygen atoms in total. The van der Waals surface area contributed by atoms with Crippen molar-refractivity contribution >= 4 is 39.0 Å². The molecule has 19 heavy (non-hydrogen) atoms. The molecule has 1 rings (SSSR count). The molecule has 0 saturated carbocycles. The quantitative estimate of drug-likeness (QED) is 0.561. The van der Waals surface area contributed by atoms with Gasteiger partial charge in [-0.25, -0.2) is 13.1 Å². The van der Waals surface area contributed by atoms with E-state index in [1.165, 1.54) is 0 Å². The SMILES string of the molecule is CSCCCNS(=O)(=O)Cc1ccccc1C(N)=S. The van der Waals surface area contributed by atoms with E-state index in [-0.39, 0.29) is 10.7 Å². The third-order valence-electron chi connectivity index (χ3n) is 2.48. The normalized spacial score (nSPS) is 11.4. The van der Waals surface area contributed by atoms with Crippen LogP contribution in [0.15, 0.2) is 24.3 Å². The van der Waals surface area contributed by atoms with Gasteiger partial charge in [-0.1, -0.05) is 36.5 Å². The van der Waals surface area contributed by atoms with E-state index in [1.54, 1.807) is 36.0 Å². The van der Waals surface area contributed by atoms with Gasteiger partial charge in [0.1, 0.15) is 4.99 Å². The van der Waals surface area contributed by atoms with E-state index in [2.05, 4.69) is 4.72 Å². The molecule has 0 heterocycles. The Kier molecular flexibility index (Phi) is 6.78. The van der Waals surface area contributed by atoms with Crippen molar-refractivity contribution in [3.8, 4) is 0 Å². The van der Waals surface area contributed by atoms with Crippen LogP contribution in [0.1, 0.15) is 17.5 Å². The summed E-state index contributed by atoms with van der Waals surface area (Å²) in [6.45, 7) is 0.457. The van der Waals surface area contributed by atoms with Crippen LogP contribution in [0.3, 0.4) is 0 Å². The summed E-state index contributed by atoms with van der Waals surface area (Å²) in [7, 11) is -3.35. The number of nitrogens with two attached hydrogens (primary N) is 1. The van der Waals surface area contributed by atoms with Crippen LogP contribution in [0, 0.1) is 0 Å². The number of thioether (sulfide) groups is 1. The van der Waals surface area contributed by atoms with Gasteiger partial charge in [-0.05, 0) is 24.0 Å². The summed E-state index contributed by atoms with van der Waals surface area (Å²) in [5, 5.41) is 0. The van der Waals surface area contributed by atoms with Gasteiger partial charge in [0.2, 0.25) is 10.0 Å². The van der Waals surface area contributed by atoms with Crippen molar-refractivity contribution in [3.05, 3.63) is 35.4 Å². The van der Waals surface area contributed by atoms with Crippen LogP contribution in [0.2, 0.25) is 0 Å². The largest absolute Gasteiger partial charge is 0.389 e. The average molecular weight is 318 g/mol. The minimum Gasteiger partial charge on any atom is -0.389 e. The van der Waals surface area contributed by atoms with Gasteiger partial charge in [0, 0.05) is 12.1 Å². The number of sulfonamides is 1. The van der Waals surface area contributed by atoms with E-state index < -0.39 is 10.0 Å². The first-order valence-corrected chi connectivity index (χ1v) is 9.25. The van der Waals surface area contributed by atoms with E-state index >= 15 is 0 Å². The molecule has 0 aliphatic carbocycles. The highest BCUT2D eigenvalue weighted by atomic mass is 32.2. The van der Waals surface area contributed by atoms with Crippen LogP contribution in [0.25, 0.3) is 0 Å². The van der Waals surface area contributed by atoms with Gasteiger partial charge in [0.05, 0.1) is 5.75 Å². The topological polar surface area (TPSA) is 72.2 Å². The standard InChI is InChI=1S/C12H18N2O2S3/c1-18-8-4-7-14-19(15,16)9-10-5-2-3-6-11(10)12(13)17/h2-3,5-6,14H,4,7-9H2,1H3,(H2,13,17). The highest BCUT2D eigenvalue weighted by molar-refractivity contribution is 7.98. The predicted octanol–water partition coefficient (Wildman–Crippen LogP) is 1.49. The maximum atomic E-state index is 11.9. The fourth-order valence-corrected chi connectivity index (χ4v) is 3.44. The number of rotatable bonds is 8. The molecule has 3 N–H and O–H groups in total. The molecule has 1 aromatic rings. The second-order valence-corrected chi connectivity index (χ2v) is 7.25. The number of benzene rings is 1. The Morgan fingerprint density at radius 2 is 2.11 bits per heavy atom. The second kappa shape index (κ2) is 7.84. The van der Waals surface area contributed by atoms with E-state index in [0.29, 0.717) is 17.7 Å². The summed E-state index contributed by atoms with van der Waals surface area (Å²) in [6.07, 6.45) is 2.81. The Balaban J connectivity index is 2.70. The van der Waals surface area contributed by atoms with Crippen LogP contribution in [0.5, 0.6) is 0 Å². The van der Waals surface area contributed by atoms with Crippen molar-refractivity contribution in [2.24, 2.45) is 5.73 Å². The fraction of sp³-hybridized carbons (Fsp3) is 0.417. The Hall–Kier alpha value is -0.630. The molecule has 0 saturated heterocycles. The third kappa shape index (κ3) is 5.90. The molecule has 0 aliphatic heterocycles. The van der Waals surface area contributed by atoms with Gasteiger partial charge in [0.15, 0.2) is 0 Å².